The van der Waals surface area contributed by atoms with Gasteiger partial charge >= 0.3 is 0 Å². The molecule has 0 bridgehead atoms. The maximum Gasteiger partial charge on any atom is 0.125 e. The van der Waals surface area contributed by atoms with Crippen molar-refractivity contribution in [2.75, 3.05) is 24.5 Å². The molecule has 1 aromatic rings. The van der Waals surface area contributed by atoms with E-state index in [2.05, 4.69) is 23.2 Å². The lowest BCUT2D eigenvalue weighted by atomic mass is 10.1. The molecule has 0 heterocycles. The molecule has 0 saturated heterocycles. The Morgan fingerprint density at radius 2 is 1.76 bits per heavy atom. The summed E-state index contributed by atoms with van der Waals surface area (Å²) in [6.45, 7) is 6.12. The SMILES string of the molecule is CCCNCc1cc(F)cc(N(CC2CC2)CC2CC2)c1. The van der Waals surface area contributed by atoms with Crippen molar-refractivity contribution < 1.29 is 4.39 Å². The number of nitrogens with one attached hydrogen (secondary N) is 1. The number of hydrogen-bond acceptors (Lipinski definition) is 2. The van der Waals surface area contributed by atoms with E-state index in [0.29, 0.717) is 0 Å². The van der Waals surface area contributed by atoms with Crippen LogP contribution in [0, 0.1) is 17.7 Å². The van der Waals surface area contributed by atoms with Gasteiger partial charge in [-0.15, -0.1) is 0 Å². The van der Waals surface area contributed by atoms with E-state index in [1.807, 2.05) is 0 Å². The second-order valence-electron chi connectivity index (χ2n) is 6.79. The fourth-order valence-corrected chi connectivity index (χ4v) is 2.84. The molecule has 21 heavy (non-hydrogen) atoms. The average Bonchev–Trinajstić information content (AvgIpc) is 3.33. The molecule has 1 N–H and O–H groups in total. The number of anilines is 1. The third-order valence-corrected chi connectivity index (χ3v) is 4.41. The van der Waals surface area contributed by atoms with Crippen LogP contribution in [0.1, 0.15) is 44.6 Å². The predicted octanol–water partition coefficient (Wildman–Crippen LogP) is 3.95. The highest BCUT2D eigenvalue weighted by Gasteiger charge is 2.29. The van der Waals surface area contributed by atoms with Crippen molar-refractivity contribution in [1.29, 1.82) is 0 Å². The normalized spacial score (nSPS) is 18.0. The summed E-state index contributed by atoms with van der Waals surface area (Å²) >= 11 is 0. The zero-order chi connectivity index (χ0) is 14.7. The van der Waals surface area contributed by atoms with Crippen molar-refractivity contribution in [1.82, 2.24) is 5.32 Å². The van der Waals surface area contributed by atoms with Crippen LogP contribution in [0.15, 0.2) is 18.2 Å². The molecule has 3 rings (SSSR count). The zero-order valence-corrected chi connectivity index (χ0v) is 13.1. The van der Waals surface area contributed by atoms with Gasteiger partial charge in [-0.1, -0.05) is 6.92 Å². The van der Waals surface area contributed by atoms with E-state index >= 15 is 0 Å². The van der Waals surface area contributed by atoms with Gasteiger partial charge in [0, 0.05) is 25.3 Å². The van der Waals surface area contributed by atoms with Crippen LogP contribution >= 0.6 is 0 Å². The van der Waals surface area contributed by atoms with Crippen LogP contribution < -0.4 is 10.2 Å². The van der Waals surface area contributed by atoms with Gasteiger partial charge in [-0.3, -0.25) is 0 Å². The summed E-state index contributed by atoms with van der Waals surface area (Å²) in [5, 5.41) is 3.37. The second-order valence-corrected chi connectivity index (χ2v) is 6.79. The van der Waals surface area contributed by atoms with E-state index in [4.69, 9.17) is 0 Å². The second kappa shape index (κ2) is 6.78. The van der Waals surface area contributed by atoms with Crippen molar-refractivity contribution in [3.63, 3.8) is 0 Å². The van der Waals surface area contributed by atoms with Crippen LogP contribution in [0.2, 0.25) is 0 Å². The number of hydrogen-bond donors (Lipinski definition) is 1. The minimum Gasteiger partial charge on any atom is -0.371 e. The Kier molecular flexibility index (Phi) is 4.79. The molecule has 2 nitrogen and oxygen atoms in total. The third-order valence-electron chi connectivity index (χ3n) is 4.41. The van der Waals surface area contributed by atoms with Gasteiger partial charge in [0.25, 0.3) is 0 Å². The Bertz CT molecular complexity index is 452. The summed E-state index contributed by atoms with van der Waals surface area (Å²) in [6, 6.07) is 5.56. The summed E-state index contributed by atoms with van der Waals surface area (Å²) in [7, 11) is 0. The molecule has 3 heteroatoms. The smallest absolute Gasteiger partial charge is 0.125 e. The van der Waals surface area contributed by atoms with Crippen molar-refractivity contribution in [2.24, 2.45) is 11.8 Å². The molecule has 2 saturated carbocycles. The average molecular weight is 290 g/mol. The van der Waals surface area contributed by atoms with E-state index in [0.717, 1.165) is 55.7 Å². The molecular weight excluding hydrogens is 263 g/mol. The zero-order valence-electron chi connectivity index (χ0n) is 13.1. The maximum absolute atomic E-state index is 13.9. The van der Waals surface area contributed by atoms with Gasteiger partial charge < -0.3 is 10.2 Å². The van der Waals surface area contributed by atoms with Crippen LogP contribution in [0.25, 0.3) is 0 Å². The standard InChI is InChI=1S/C18H27FN2/c1-2-7-20-11-16-8-17(19)10-18(9-16)21(12-14-3-4-14)13-15-5-6-15/h8-10,14-15,20H,2-7,11-13H2,1H3. The summed E-state index contributed by atoms with van der Waals surface area (Å²) < 4.78 is 13.9. The lowest BCUT2D eigenvalue weighted by Crippen LogP contribution is -2.28. The van der Waals surface area contributed by atoms with Crippen molar-refractivity contribution in [3.05, 3.63) is 29.6 Å². The quantitative estimate of drug-likeness (QED) is 0.693. The largest absolute Gasteiger partial charge is 0.371 e. The molecule has 0 spiro atoms. The van der Waals surface area contributed by atoms with E-state index in [1.54, 1.807) is 12.1 Å². The molecule has 2 fully saturated rings. The van der Waals surface area contributed by atoms with Crippen molar-refractivity contribution in [2.45, 2.75) is 45.6 Å². The molecule has 0 radical (unpaired) electrons. The topological polar surface area (TPSA) is 15.3 Å². The fourth-order valence-electron chi connectivity index (χ4n) is 2.84. The van der Waals surface area contributed by atoms with Gasteiger partial charge in [-0.2, -0.15) is 0 Å². The van der Waals surface area contributed by atoms with Crippen LogP contribution in [0.5, 0.6) is 0 Å². The Morgan fingerprint density at radius 1 is 1.10 bits per heavy atom. The van der Waals surface area contributed by atoms with Crippen molar-refractivity contribution >= 4 is 5.69 Å². The lowest BCUT2D eigenvalue weighted by Gasteiger charge is -2.25. The first-order valence-corrected chi connectivity index (χ1v) is 8.49. The Hall–Kier alpha value is -1.09. The molecular formula is C18H27FN2. The fraction of sp³-hybridized carbons (Fsp3) is 0.667. The van der Waals surface area contributed by atoms with E-state index in [9.17, 15) is 4.39 Å². The molecule has 0 aromatic heterocycles. The highest BCUT2D eigenvalue weighted by Crippen LogP contribution is 2.36. The van der Waals surface area contributed by atoms with Gasteiger partial charge in [0.2, 0.25) is 0 Å². The van der Waals surface area contributed by atoms with Crippen LogP contribution in [-0.2, 0) is 6.54 Å². The van der Waals surface area contributed by atoms with E-state index in [1.165, 1.54) is 25.7 Å². The summed E-state index contributed by atoms with van der Waals surface area (Å²) in [6.07, 6.45) is 6.50. The summed E-state index contributed by atoms with van der Waals surface area (Å²) in [4.78, 5) is 2.43. The lowest BCUT2D eigenvalue weighted by molar-refractivity contribution is 0.614. The van der Waals surface area contributed by atoms with E-state index in [-0.39, 0.29) is 5.82 Å². The molecule has 0 atom stereocenters. The summed E-state index contributed by atoms with van der Waals surface area (Å²) in [5.74, 6) is 1.58. The molecule has 0 unspecified atom stereocenters. The molecule has 0 aliphatic heterocycles. The minimum atomic E-state index is -0.0996. The van der Waals surface area contributed by atoms with Crippen molar-refractivity contribution in [3.8, 4) is 0 Å². The van der Waals surface area contributed by atoms with E-state index < -0.39 is 0 Å². The van der Waals surface area contributed by atoms with Gasteiger partial charge in [0.15, 0.2) is 0 Å². The Labute approximate surface area is 127 Å². The molecule has 1 aromatic carbocycles. The first kappa shape index (κ1) is 14.8. The summed E-state index contributed by atoms with van der Waals surface area (Å²) in [5.41, 5.74) is 2.15. The maximum atomic E-state index is 13.9. The van der Waals surface area contributed by atoms with Gasteiger partial charge in [-0.25, -0.2) is 4.39 Å². The Morgan fingerprint density at radius 3 is 2.33 bits per heavy atom. The van der Waals surface area contributed by atoms with Crippen LogP contribution in [0.3, 0.4) is 0 Å². The minimum absolute atomic E-state index is 0.0996. The Balaban J connectivity index is 1.70. The van der Waals surface area contributed by atoms with Gasteiger partial charge in [0.1, 0.15) is 5.82 Å². The monoisotopic (exact) mass is 290 g/mol. The molecule has 2 aliphatic rings. The first-order valence-electron chi connectivity index (χ1n) is 8.49. The molecule has 2 aliphatic carbocycles. The van der Waals surface area contributed by atoms with Crippen LogP contribution in [0.4, 0.5) is 10.1 Å². The third kappa shape index (κ3) is 4.70. The predicted molar refractivity (Wildman–Crippen MR) is 86.1 cm³/mol. The number of rotatable bonds is 9. The number of benzene rings is 1. The number of halogens is 1. The van der Waals surface area contributed by atoms with Crippen LogP contribution in [-0.4, -0.2) is 19.6 Å². The molecule has 116 valence electrons. The highest BCUT2D eigenvalue weighted by molar-refractivity contribution is 5.49. The number of nitrogens with zero attached hydrogens (tertiary/aromatic N) is 1. The highest BCUT2D eigenvalue weighted by atomic mass is 19.1. The molecule has 0 amide bonds. The first-order chi connectivity index (χ1) is 10.2. The van der Waals surface area contributed by atoms with Gasteiger partial charge in [0.05, 0.1) is 0 Å². The van der Waals surface area contributed by atoms with Gasteiger partial charge in [-0.05, 0) is 74.2 Å².